The number of ether oxygens (including phenoxy) is 1. The van der Waals surface area contributed by atoms with E-state index in [1.54, 1.807) is 31.2 Å². The van der Waals surface area contributed by atoms with E-state index in [-0.39, 0.29) is 4.90 Å². The molecule has 0 fully saturated rings. The van der Waals surface area contributed by atoms with Gasteiger partial charge in [0.1, 0.15) is 11.5 Å². The Morgan fingerprint density at radius 2 is 1.60 bits per heavy atom. The lowest BCUT2D eigenvalue weighted by Crippen LogP contribution is -2.13. The zero-order valence-electron chi connectivity index (χ0n) is 10.4. The second-order valence-electron chi connectivity index (χ2n) is 4.15. The lowest BCUT2D eigenvalue weighted by atomic mass is 10.2. The number of rotatable bonds is 3. The molecule has 2 aromatic rings. The molecule has 20 heavy (non-hydrogen) atoms. The summed E-state index contributed by atoms with van der Waals surface area (Å²) in [6.45, 7) is 1.64. The van der Waals surface area contributed by atoms with Gasteiger partial charge in [0.25, 0.3) is 0 Å². The van der Waals surface area contributed by atoms with Gasteiger partial charge in [-0.2, -0.15) is 0 Å². The van der Waals surface area contributed by atoms with Crippen LogP contribution >= 0.6 is 23.2 Å². The van der Waals surface area contributed by atoms with Gasteiger partial charge in [-0.1, -0.05) is 23.2 Å². The molecule has 0 bridgehead atoms. The molecule has 106 valence electrons. The number of hydrogen-bond donors (Lipinski definition) is 1. The molecule has 0 aliphatic heterocycles. The third kappa shape index (κ3) is 3.43. The first-order valence-electron chi connectivity index (χ1n) is 5.54. The molecule has 0 saturated heterocycles. The molecule has 0 spiro atoms. The van der Waals surface area contributed by atoms with Crippen molar-refractivity contribution in [2.24, 2.45) is 5.14 Å². The predicted octanol–water partition coefficient (Wildman–Crippen LogP) is 3.74. The average Bonchev–Trinajstić information content (AvgIpc) is 2.32. The van der Waals surface area contributed by atoms with Crippen LogP contribution in [0.1, 0.15) is 5.56 Å². The zero-order chi connectivity index (χ0) is 14.9. The van der Waals surface area contributed by atoms with Gasteiger partial charge in [0.05, 0.1) is 14.9 Å². The van der Waals surface area contributed by atoms with Gasteiger partial charge in [-0.3, -0.25) is 0 Å². The fraction of sp³-hybridized carbons (Fsp3) is 0.0769. The van der Waals surface area contributed by atoms with Crippen LogP contribution in [0.3, 0.4) is 0 Å². The van der Waals surface area contributed by atoms with Crippen LogP contribution < -0.4 is 9.88 Å². The molecule has 0 radical (unpaired) electrons. The number of benzene rings is 2. The standard InChI is InChI=1S/C13H11Cl2NO3S/c1-8-6-9(3-5-13(8)20(16,17)18)19-10-2-4-11(14)12(15)7-10/h2-7H,1H3,(H2,16,17,18). The minimum atomic E-state index is -3.73. The van der Waals surface area contributed by atoms with Gasteiger partial charge in [-0.05, 0) is 42.8 Å². The zero-order valence-corrected chi connectivity index (χ0v) is 12.8. The average molecular weight is 332 g/mol. The first-order chi connectivity index (χ1) is 9.27. The highest BCUT2D eigenvalue weighted by molar-refractivity contribution is 7.89. The Hall–Kier alpha value is -1.27. The first kappa shape index (κ1) is 15.1. The van der Waals surface area contributed by atoms with Gasteiger partial charge in [-0.15, -0.1) is 0 Å². The molecule has 2 rings (SSSR count). The number of primary sulfonamides is 1. The van der Waals surface area contributed by atoms with Gasteiger partial charge in [0.15, 0.2) is 0 Å². The molecular formula is C13H11Cl2NO3S. The summed E-state index contributed by atoms with van der Waals surface area (Å²) in [5.41, 5.74) is 0.505. The van der Waals surface area contributed by atoms with E-state index in [1.807, 2.05) is 0 Å². The normalized spacial score (nSPS) is 11.4. The summed E-state index contributed by atoms with van der Waals surface area (Å²) in [4.78, 5) is 0.0685. The van der Waals surface area contributed by atoms with Crippen molar-refractivity contribution < 1.29 is 13.2 Å². The van der Waals surface area contributed by atoms with Crippen LogP contribution in [-0.2, 0) is 10.0 Å². The highest BCUT2D eigenvalue weighted by atomic mass is 35.5. The van der Waals surface area contributed by atoms with Crippen LogP contribution in [0.5, 0.6) is 11.5 Å². The van der Waals surface area contributed by atoms with Crippen LogP contribution in [0.2, 0.25) is 10.0 Å². The smallest absolute Gasteiger partial charge is 0.238 e. The van der Waals surface area contributed by atoms with E-state index in [9.17, 15) is 8.42 Å². The van der Waals surface area contributed by atoms with E-state index in [1.165, 1.54) is 12.1 Å². The monoisotopic (exact) mass is 331 g/mol. The predicted molar refractivity (Wildman–Crippen MR) is 79.1 cm³/mol. The quantitative estimate of drug-likeness (QED) is 0.931. The summed E-state index contributed by atoms with van der Waals surface area (Å²) < 4.78 is 28.2. The van der Waals surface area contributed by atoms with Crippen molar-refractivity contribution in [3.05, 3.63) is 52.0 Å². The molecule has 7 heteroatoms. The van der Waals surface area contributed by atoms with Gasteiger partial charge in [-0.25, -0.2) is 13.6 Å². The maximum atomic E-state index is 11.3. The SMILES string of the molecule is Cc1cc(Oc2ccc(Cl)c(Cl)c2)ccc1S(N)(=O)=O. The van der Waals surface area contributed by atoms with Crippen molar-refractivity contribution in [2.45, 2.75) is 11.8 Å². The largest absolute Gasteiger partial charge is 0.457 e. The van der Waals surface area contributed by atoms with E-state index in [0.717, 1.165) is 0 Å². The molecule has 2 aromatic carbocycles. The van der Waals surface area contributed by atoms with Crippen LogP contribution in [0.4, 0.5) is 0 Å². The molecule has 0 aromatic heterocycles. The molecule has 0 amide bonds. The number of halogens is 2. The number of sulfonamides is 1. The fourth-order valence-corrected chi connectivity index (χ4v) is 2.73. The Morgan fingerprint density at radius 3 is 2.15 bits per heavy atom. The highest BCUT2D eigenvalue weighted by Gasteiger charge is 2.12. The lowest BCUT2D eigenvalue weighted by Gasteiger charge is -2.09. The van der Waals surface area contributed by atoms with E-state index in [0.29, 0.717) is 27.1 Å². The lowest BCUT2D eigenvalue weighted by molar-refractivity contribution is 0.481. The molecule has 0 aliphatic carbocycles. The Balaban J connectivity index is 2.31. The molecule has 0 atom stereocenters. The Bertz CT molecular complexity index is 760. The Morgan fingerprint density at radius 1 is 1.00 bits per heavy atom. The topological polar surface area (TPSA) is 69.4 Å². The summed E-state index contributed by atoms with van der Waals surface area (Å²) >= 11 is 11.7. The minimum Gasteiger partial charge on any atom is -0.457 e. The number of hydrogen-bond acceptors (Lipinski definition) is 3. The van der Waals surface area contributed by atoms with Gasteiger partial charge in [0.2, 0.25) is 10.0 Å². The molecule has 0 unspecified atom stereocenters. The van der Waals surface area contributed by atoms with Gasteiger partial charge in [0, 0.05) is 6.07 Å². The third-order valence-corrected chi connectivity index (χ3v) is 4.39. The van der Waals surface area contributed by atoms with E-state index in [4.69, 9.17) is 33.1 Å². The van der Waals surface area contributed by atoms with Gasteiger partial charge >= 0.3 is 0 Å². The molecule has 0 heterocycles. The summed E-state index contributed by atoms with van der Waals surface area (Å²) in [7, 11) is -3.73. The second-order valence-corrected chi connectivity index (χ2v) is 6.49. The van der Waals surface area contributed by atoms with Crippen LogP contribution in [0, 0.1) is 6.92 Å². The van der Waals surface area contributed by atoms with Crippen molar-refractivity contribution in [2.75, 3.05) is 0 Å². The van der Waals surface area contributed by atoms with Crippen molar-refractivity contribution in [3.63, 3.8) is 0 Å². The number of aryl methyl sites for hydroxylation is 1. The van der Waals surface area contributed by atoms with Crippen molar-refractivity contribution in [3.8, 4) is 11.5 Å². The molecule has 2 N–H and O–H groups in total. The van der Waals surface area contributed by atoms with E-state index < -0.39 is 10.0 Å². The van der Waals surface area contributed by atoms with Crippen LogP contribution in [-0.4, -0.2) is 8.42 Å². The first-order valence-corrected chi connectivity index (χ1v) is 7.84. The van der Waals surface area contributed by atoms with Crippen LogP contribution in [0.15, 0.2) is 41.3 Å². The molecule has 4 nitrogen and oxygen atoms in total. The van der Waals surface area contributed by atoms with Crippen molar-refractivity contribution >= 4 is 33.2 Å². The van der Waals surface area contributed by atoms with E-state index in [2.05, 4.69) is 0 Å². The fourth-order valence-electron chi connectivity index (χ4n) is 1.68. The minimum absolute atomic E-state index is 0.0685. The summed E-state index contributed by atoms with van der Waals surface area (Å²) in [6.07, 6.45) is 0. The van der Waals surface area contributed by atoms with E-state index >= 15 is 0 Å². The summed E-state index contributed by atoms with van der Waals surface area (Å²) in [5.74, 6) is 0.982. The maximum Gasteiger partial charge on any atom is 0.238 e. The van der Waals surface area contributed by atoms with Gasteiger partial charge < -0.3 is 4.74 Å². The third-order valence-electron chi connectivity index (χ3n) is 2.58. The summed E-state index contributed by atoms with van der Waals surface area (Å²) in [5, 5.41) is 5.90. The summed E-state index contributed by atoms with van der Waals surface area (Å²) in [6, 6.07) is 9.36. The Kier molecular flexibility index (Phi) is 4.25. The molecule has 0 aliphatic rings. The van der Waals surface area contributed by atoms with Crippen molar-refractivity contribution in [1.29, 1.82) is 0 Å². The number of nitrogens with two attached hydrogens (primary N) is 1. The maximum absolute atomic E-state index is 11.3. The Labute approximate surface area is 127 Å². The van der Waals surface area contributed by atoms with Crippen LogP contribution in [0.25, 0.3) is 0 Å². The second kappa shape index (κ2) is 5.61. The molecular weight excluding hydrogens is 321 g/mol. The molecule has 0 saturated carbocycles. The highest BCUT2D eigenvalue weighted by Crippen LogP contribution is 2.30. The van der Waals surface area contributed by atoms with Crippen molar-refractivity contribution in [1.82, 2.24) is 0 Å².